The van der Waals surface area contributed by atoms with Gasteiger partial charge in [0.1, 0.15) is 5.75 Å². The molecule has 4 rings (SSSR count). The summed E-state index contributed by atoms with van der Waals surface area (Å²) in [7, 11) is 1.62. The lowest BCUT2D eigenvalue weighted by Crippen LogP contribution is -2.40. The zero-order valence-corrected chi connectivity index (χ0v) is 17.3. The van der Waals surface area contributed by atoms with E-state index in [-0.39, 0.29) is 11.8 Å². The summed E-state index contributed by atoms with van der Waals surface area (Å²) in [6.45, 7) is 4.21. The number of carbonyl (C=O) groups excluding carboxylic acids is 1. The standard InChI is InChI=1S/C23H26N4O3/c1-16-5-7-17(8-6-16)23-25-21(26-30-23)15-27-13-3-4-18(14-27)22(28)24-19-9-11-20(29-2)12-10-19/h5-12,18H,3-4,13-15H2,1-2H3,(H,24,28)/t18-/m0/s1. The van der Waals surface area contributed by atoms with Gasteiger partial charge < -0.3 is 14.6 Å². The lowest BCUT2D eigenvalue weighted by Gasteiger charge is -2.31. The predicted octanol–water partition coefficient (Wildman–Crippen LogP) is 3.90. The van der Waals surface area contributed by atoms with Crippen molar-refractivity contribution in [3.8, 4) is 17.2 Å². The Morgan fingerprint density at radius 1 is 1.20 bits per heavy atom. The second kappa shape index (κ2) is 9.09. The summed E-state index contributed by atoms with van der Waals surface area (Å²) < 4.78 is 10.6. The van der Waals surface area contributed by atoms with Gasteiger partial charge >= 0.3 is 0 Å². The van der Waals surface area contributed by atoms with E-state index in [9.17, 15) is 4.79 Å². The van der Waals surface area contributed by atoms with Crippen molar-refractivity contribution in [2.45, 2.75) is 26.3 Å². The second-order valence-corrected chi connectivity index (χ2v) is 7.67. The third kappa shape index (κ3) is 4.86. The number of rotatable bonds is 6. The number of amides is 1. The molecular formula is C23H26N4O3. The van der Waals surface area contributed by atoms with Crippen LogP contribution in [0.25, 0.3) is 11.5 Å². The quantitative estimate of drug-likeness (QED) is 0.669. The third-order valence-corrected chi connectivity index (χ3v) is 5.37. The molecule has 0 aliphatic carbocycles. The number of anilines is 1. The van der Waals surface area contributed by atoms with Gasteiger partial charge in [-0.3, -0.25) is 9.69 Å². The lowest BCUT2D eigenvalue weighted by atomic mass is 9.97. The fraction of sp³-hybridized carbons (Fsp3) is 0.348. The van der Waals surface area contributed by atoms with Crippen LogP contribution < -0.4 is 10.1 Å². The number of nitrogens with one attached hydrogen (secondary N) is 1. The number of methoxy groups -OCH3 is 1. The molecule has 3 aromatic rings. The first-order chi connectivity index (χ1) is 14.6. The Hall–Kier alpha value is -3.19. The van der Waals surface area contributed by atoms with Gasteiger partial charge in [-0.05, 0) is 62.7 Å². The molecule has 156 valence electrons. The molecule has 0 spiro atoms. The highest BCUT2D eigenvalue weighted by molar-refractivity contribution is 5.92. The molecule has 0 saturated carbocycles. The number of piperidine rings is 1. The topological polar surface area (TPSA) is 80.5 Å². The second-order valence-electron chi connectivity index (χ2n) is 7.67. The summed E-state index contributed by atoms with van der Waals surface area (Å²) in [4.78, 5) is 19.5. The molecule has 7 heteroatoms. The molecule has 1 aliphatic rings. The van der Waals surface area contributed by atoms with Gasteiger partial charge in [0.2, 0.25) is 5.91 Å². The van der Waals surface area contributed by atoms with E-state index in [0.29, 0.717) is 24.8 Å². The van der Waals surface area contributed by atoms with Crippen molar-refractivity contribution < 1.29 is 14.1 Å². The fourth-order valence-corrected chi connectivity index (χ4v) is 3.66. The monoisotopic (exact) mass is 406 g/mol. The van der Waals surface area contributed by atoms with Gasteiger partial charge in [0.15, 0.2) is 5.82 Å². The summed E-state index contributed by atoms with van der Waals surface area (Å²) in [5.41, 5.74) is 2.87. The van der Waals surface area contributed by atoms with Crippen LogP contribution >= 0.6 is 0 Å². The Morgan fingerprint density at radius 3 is 2.70 bits per heavy atom. The lowest BCUT2D eigenvalue weighted by molar-refractivity contribution is -0.121. The van der Waals surface area contributed by atoms with E-state index in [1.54, 1.807) is 7.11 Å². The van der Waals surface area contributed by atoms with Gasteiger partial charge in [-0.15, -0.1) is 0 Å². The maximum Gasteiger partial charge on any atom is 0.257 e. The molecule has 1 saturated heterocycles. The first-order valence-corrected chi connectivity index (χ1v) is 10.2. The van der Waals surface area contributed by atoms with Crippen molar-refractivity contribution in [2.75, 3.05) is 25.5 Å². The molecule has 0 unspecified atom stereocenters. The highest BCUT2D eigenvalue weighted by Gasteiger charge is 2.27. The summed E-state index contributed by atoms with van der Waals surface area (Å²) in [6.07, 6.45) is 1.84. The molecule has 1 N–H and O–H groups in total. The summed E-state index contributed by atoms with van der Waals surface area (Å²) in [5, 5.41) is 7.13. The van der Waals surface area contributed by atoms with Gasteiger partial charge in [-0.2, -0.15) is 4.98 Å². The van der Waals surface area contributed by atoms with Crippen molar-refractivity contribution in [1.82, 2.24) is 15.0 Å². The van der Waals surface area contributed by atoms with Gasteiger partial charge in [0.25, 0.3) is 5.89 Å². The molecule has 0 bridgehead atoms. The Morgan fingerprint density at radius 2 is 1.97 bits per heavy atom. The first-order valence-electron chi connectivity index (χ1n) is 10.2. The van der Waals surface area contributed by atoms with Crippen LogP contribution in [0.15, 0.2) is 53.1 Å². The number of ether oxygens (including phenoxy) is 1. The third-order valence-electron chi connectivity index (χ3n) is 5.37. The predicted molar refractivity (Wildman–Crippen MR) is 114 cm³/mol. The zero-order chi connectivity index (χ0) is 20.9. The Kier molecular flexibility index (Phi) is 6.09. The van der Waals surface area contributed by atoms with E-state index in [2.05, 4.69) is 20.4 Å². The number of nitrogens with zero attached hydrogens (tertiary/aromatic N) is 3. The number of benzene rings is 2. The van der Waals surface area contributed by atoms with Crippen LogP contribution in [-0.2, 0) is 11.3 Å². The Balaban J connectivity index is 1.34. The van der Waals surface area contributed by atoms with Crippen molar-refractivity contribution >= 4 is 11.6 Å². The van der Waals surface area contributed by atoms with Crippen molar-refractivity contribution in [2.24, 2.45) is 5.92 Å². The molecule has 2 aromatic carbocycles. The van der Waals surface area contributed by atoms with E-state index in [1.165, 1.54) is 5.56 Å². The Bertz CT molecular complexity index is 982. The number of hydrogen-bond acceptors (Lipinski definition) is 6. The van der Waals surface area contributed by atoms with Crippen LogP contribution in [0.5, 0.6) is 5.75 Å². The number of aromatic nitrogens is 2. The van der Waals surface area contributed by atoms with E-state index in [1.807, 2.05) is 55.5 Å². The molecule has 7 nitrogen and oxygen atoms in total. The SMILES string of the molecule is COc1ccc(NC(=O)[C@H]2CCCN(Cc3noc(-c4ccc(C)cc4)n3)C2)cc1. The smallest absolute Gasteiger partial charge is 0.257 e. The summed E-state index contributed by atoms with van der Waals surface area (Å²) >= 11 is 0. The van der Waals surface area contributed by atoms with Gasteiger partial charge in [-0.25, -0.2) is 0 Å². The maximum absolute atomic E-state index is 12.7. The molecule has 1 fully saturated rings. The first kappa shape index (κ1) is 20.1. The minimum Gasteiger partial charge on any atom is -0.497 e. The number of aryl methyl sites for hydroxylation is 1. The van der Waals surface area contributed by atoms with Crippen LogP contribution in [0.4, 0.5) is 5.69 Å². The largest absolute Gasteiger partial charge is 0.497 e. The average molecular weight is 406 g/mol. The zero-order valence-electron chi connectivity index (χ0n) is 17.3. The highest BCUT2D eigenvalue weighted by atomic mass is 16.5. The van der Waals surface area contributed by atoms with E-state index in [4.69, 9.17) is 9.26 Å². The van der Waals surface area contributed by atoms with Crippen molar-refractivity contribution in [1.29, 1.82) is 0 Å². The van der Waals surface area contributed by atoms with Crippen LogP contribution in [0.2, 0.25) is 0 Å². The number of hydrogen-bond donors (Lipinski definition) is 1. The highest BCUT2D eigenvalue weighted by Crippen LogP contribution is 2.22. The molecular weight excluding hydrogens is 380 g/mol. The van der Waals surface area contributed by atoms with Crippen LogP contribution in [0.1, 0.15) is 24.2 Å². The Labute approximate surface area is 176 Å². The normalized spacial score (nSPS) is 16.9. The number of carbonyl (C=O) groups is 1. The fourth-order valence-electron chi connectivity index (χ4n) is 3.66. The van der Waals surface area contributed by atoms with Crippen LogP contribution in [-0.4, -0.2) is 41.1 Å². The summed E-state index contributed by atoms with van der Waals surface area (Å²) in [5.74, 6) is 1.90. The molecule has 0 radical (unpaired) electrons. The molecule has 1 amide bonds. The van der Waals surface area contributed by atoms with Gasteiger partial charge in [0, 0.05) is 17.8 Å². The van der Waals surface area contributed by atoms with Crippen molar-refractivity contribution in [3.05, 3.63) is 59.9 Å². The minimum absolute atomic E-state index is 0.0401. The molecule has 1 aliphatic heterocycles. The minimum atomic E-state index is -0.0654. The summed E-state index contributed by atoms with van der Waals surface area (Å²) in [6, 6.07) is 15.4. The van der Waals surface area contributed by atoms with Crippen molar-refractivity contribution in [3.63, 3.8) is 0 Å². The number of likely N-dealkylation sites (tertiary alicyclic amines) is 1. The van der Waals surface area contributed by atoms with E-state index in [0.717, 1.165) is 36.4 Å². The van der Waals surface area contributed by atoms with Crippen LogP contribution in [0, 0.1) is 12.8 Å². The molecule has 2 heterocycles. The molecule has 1 aromatic heterocycles. The van der Waals surface area contributed by atoms with Crippen LogP contribution in [0.3, 0.4) is 0 Å². The van der Waals surface area contributed by atoms with E-state index >= 15 is 0 Å². The van der Waals surface area contributed by atoms with Gasteiger partial charge in [0.05, 0.1) is 19.6 Å². The van der Waals surface area contributed by atoms with E-state index < -0.39 is 0 Å². The average Bonchev–Trinajstić information content (AvgIpc) is 3.23. The molecule has 30 heavy (non-hydrogen) atoms. The molecule has 1 atom stereocenters. The maximum atomic E-state index is 12.7. The van der Waals surface area contributed by atoms with Gasteiger partial charge in [-0.1, -0.05) is 22.9 Å².